The molecule has 1 amide bonds. The van der Waals surface area contributed by atoms with Gasteiger partial charge in [-0.1, -0.05) is 30.3 Å². The van der Waals surface area contributed by atoms with Gasteiger partial charge in [0, 0.05) is 32.5 Å². The molecule has 118 valence electrons. The van der Waals surface area contributed by atoms with Gasteiger partial charge in [-0.3, -0.25) is 10.1 Å². The molecule has 0 aliphatic heterocycles. The Bertz CT molecular complexity index is 1040. The number of hydrogen-bond acceptors (Lipinski definition) is 3. The number of nitrogens with one attached hydrogen (secondary N) is 2. The van der Waals surface area contributed by atoms with Gasteiger partial charge < -0.3 is 4.98 Å². The van der Waals surface area contributed by atoms with E-state index in [1.807, 2.05) is 48.0 Å². The van der Waals surface area contributed by atoms with Crippen molar-refractivity contribution in [2.75, 3.05) is 5.32 Å². The van der Waals surface area contributed by atoms with Crippen LogP contribution in [0.15, 0.2) is 64.6 Å². The van der Waals surface area contributed by atoms with Crippen molar-refractivity contribution < 1.29 is 4.79 Å². The number of benzene rings is 2. The number of hydrogen-bond donors (Lipinski definition) is 2. The van der Waals surface area contributed by atoms with Gasteiger partial charge in [-0.2, -0.15) is 0 Å². The quantitative estimate of drug-likeness (QED) is 0.492. The van der Waals surface area contributed by atoms with E-state index in [4.69, 9.17) is 0 Å². The van der Waals surface area contributed by atoms with Crippen LogP contribution in [0.2, 0.25) is 0 Å². The van der Waals surface area contributed by atoms with E-state index in [0.29, 0.717) is 10.7 Å². The summed E-state index contributed by atoms with van der Waals surface area (Å²) in [6, 6.07) is 15.4. The Morgan fingerprint density at radius 1 is 1.12 bits per heavy atom. The monoisotopic (exact) mass is 397 g/mol. The van der Waals surface area contributed by atoms with E-state index in [9.17, 15) is 4.79 Å². The number of anilines is 1. The average Bonchev–Trinajstić information content (AvgIpc) is 3.21. The van der Waals surface area contributed by atoms with Crippen molar-refractivity contribution in [1.29, 1.82) is 0 Å². The molecule has 0 saturated carbocycles. The summed E-state index contributed by atoms with van der Waals surface area (Å²) in [5, 5.41) is 6.50. The molecule has 4 aromatic rings. The summed E-state index contributed by atoms with van der Waals surface area (Å²) >= 11 is 4.81. The number of fused-ring (bicyclic) bond motifs is 1. The lowest BCUT2D eigenvalue weighted by Crippen LogP contribution is -2.12. The fourth-order valence-electron chi connectivity index (χ4n) is 2.55. The van der Waals surface area contributed by atoms with E-state index in [1.54, 1.807) is 6.07 Å². The van der Waals surface area contributed by atoms with E-state index >= 15 is 0 Å². The van der Waals surface area contributed by atoms with Crippen molar-refractivity contribution in [1.82, 2.24) is 9.97 Å². The molecule has 0 atom stereocenters. The lowest BCUT2D eigenvalue weighted by Gasteiger charge is -2.03. The summed E-state index contributed by atoms with van der Waals surface area (Å²) in [6.45, 7) is 0. The standard InChI is InChI=1S/C18H12BrN3OS/c19-14-7-3-1-6-12(14)17(23)22-18-21-16(10-24-18)13-9-20-15-8-4-2-5-11(13)15/h1-10,20H,(H,21,22,23). The van der Waals surface area contributed by atoms with Crippen LogP contribution in [-0.4, -0.2) is 15.9 Å². The van der Waals surface area contributed by atoms with Crippen LogP contribution in [0.4, 0.5) is 5.13 Å². The SMILES string of the molecule is O=C(Nc1nc(-c2c[nH]c3ccccc23)cs1)c1ccccc1Br. The largest absolute Gasteiger partial charge is 0.360 e. The summed E-state index contributed by atoms with van der Waals surface area (Å²) in [6.07, 6.45) is 1.94. The number of carbonyl (C=O) groups is 1. The first kappa shape index (κ1) is 15.1. The van der Waals surface area contributed by atoms with Gasteiger partial charge in [0.2, 0.25) is 0 Å². The van der Waals surface area contributed by atoms with Crippen LogP contribution in [0.25, 0.3) is 22.2 Å². The number of amides is 1. The van der Waals surface area contributed by atoms with Crippen molar-refractivity contribution in [2.24, 2.45) is 0 Å². The maximum atomic E-state index is 12.4. The first-order valence-corrected chi connectivity index (χ1v) is 8.97. The molecule has 0 bridgehead atoms. The summed E-state index contributed by atoms with van der Waals surface area (Å²) in [7, 11) is 0. The smallest absolute Gasteiger partial charge is 0.258 e. The van der Waals surface area contributed by atoms with Crippen LogP contribution in [0.3, 0.4) is 0 Å². The summed E-state index contributed by atoms with van der Waals surface area (Å²) < 4.78 is 0.760. The van der Waals surface area contributed by atoms with E-state index < -0.39 is 0 Å². The molecule has 2 heterocycles. The van der Waals surface area contributed by atoms with Gasteiger partial charge in [0.1, 0.15) is 0 Å². The van der Waals surface area contributed by atoms with Crippen LogP contribution in [0.5, 0.6) is 0 Å². The van der Waals surface area contributed by atoms with E-state index in [0.717, 1.165) is 26.6 Å². The number of aromatic amines is 1. The van der Waals surface area contributed by atoms with Crippen molar-refractivity contribution in [3.63, 3.8) is 0 Å². The average molecular weight is 398 g/mol. The Balaban J connectivity index is 1.61. The molecule has 0 aliphatic rings. The maximum Gasteiger partial charge on any atom is 0.258 e. The molecule has 0 spiro atoms. The number of carbonyl (C=O) groups excluding carboxylic acids is 1. The number of aromatic nitrogens is 2. The minimum absolute atomic E-state index is 0.178. The zero-order valence-corrected chi connectivity index (χ0v) is 14.8. The zero-order valence-electron chi connectivity index (χ0n) is 12.4. The molecule has 2 aromatic carbocycles. The molecule has 0 radical (unpaired) electrons. The molecule has 0 unspecified atom stereocenters. The van der Waals surface area contributed by atoms with Crippen LogP contribution in [-0.2, 0) is 0 Å². The van der Waals surface area contributed by atoms with Crippen LogP contribution in [0, 0.1) is 0 Å². The Morgan fingerprint density at radius 2 is 1.92 bits per heavy atom. The van der Waals surface area contributed by atoms with Crippen LogP contribution >= 0.6 is 27.3 Å². The fourth-order valence-corrected chi connectivity index (χ4v) is 3.72. The van der Waals surface area contributed by atoms with E-state index in [1.165, 1.54) is 11.3 Å². The van der Waals surface area contributed by atoms with E-state index in [2.05, 4.69) is 37.3 Å². The normalized spacial score (nSPS) is 10.9. The number of H-pyrrole nitrogens is 1. The van der Waals surface area contributed by atoms with Gasteiger partial charge in [-0.15, -0.1) is 11.3 Å². The summed E-state index contributed by atoms with van der Waals surface area (Å²) in [5.41, 5.74) is 3.53. The highest BCUT2D eigenvalue weighted by atomic mass is 79.9. The predicted molar refractivity (Wildman–Crippen MR) is 102 cm³/mol. The molecule has 4 nitrogen and oxygen atoms in total. The third-order valence-corrected chi connectivity index (χ3v) is 5.16. The highest BCUT2D eigenvalue weighted by molar-refractivity contribution is 9.10. The highest BCUT2D eigenvalue weighted by Gasteiger charge is 2.13. The lowest BCUT2D eigenvalue weighted by atomic mass is 10.1. The number of nitrogens with zero attached hydrogens (tertiary/aromatic N) is 1. The first-order valence-electron chi connectivity index (χ1n) is 7.30. The molecule has 0 fully saturated rings. The van der Waals surface area contributed by atoms with Gasteiger partial charge in [0.25, 0.3) is 5.91 Å². The molecule has 0 aliphatic carbocycles. The van der Waals surface area contributed by atoms with Gasteiger partial charge in [0.05, 0.1) is 11.3 Å². The number of rotatable bonds is 3. The van der Waals surface area contributed by atoms with Crippen molar-refractivity contribution in [3.8, 4) is 11.3 Å². The van der Waals surface area contributed by atoms with E-state index in [-0.39, 0.29) is 5.91 Å². The zero-order chi connectivity index (χ0) is 16.5. The maximum absolute atomic E-state index is 12.4. The lowest BCUT2D eigenvalue weighted by molar-refractivity contribution is 0.102. The molecule has 0 saturated heterocycles. The third kappa shape index (κ3) is 2.74. The topological polar surface area (TPSA) is 57.8 Å². The predicted octanol–water partition coefficient (Wildman–Crippen LogP) is 5.31. The summed E-state index contributed by atoms with van der Waals surface area (Å²) in [4.78, 5) is 20.2. The Labute approximate surface area is 150 Å². The minimum atomic E-state index is -0.178. The van der Waals surface area contributed by atoms with Gasteiger partial charge in [-0.25, -0.2) is 4.98 Å². The molecule has 2 aromatic heterocycles. The molecule has 24 heavy (non-hydrogen) atoms. The van der Waals surface area contributed by atoms with Gasteiger partial charge in [0.15, 0.2) is 5.13 Å². The van der Waals surface area contributed by atoms with Crippen molar-refractivity contribution >= 4 is 49.2 Å². The number of thiazole rings is 1. The van der Waals surface area contributed by atoms with Crippen LogP contribution < -0.4 is 5.32 Å². The number of para-hydroxylation sites is 1. The molecule has 6 heteroatoms. The third-order valence-electron chi connectivity index (χ3n) is 3.71. The Kier molecular flexibility index (Phi) is 3.92. The molecular formula is C18H12BrN3OS. The minimum Gasteiger partial charge on any atom is -0.360 e. The first-order chi connectivity index (χ1) is 11.7. The fraction of sp³-hybridized carbons (Fsp3) is 0. The van der Waals surface area contributed by atoms with Gasteiger partial charge >= 0.3 is 0 Å². The highest BCUT2D eigenvalue weighted by Crippen LogP contribution is 2.31. The number of halogens is 1. The second-order valence-corrected chi connectivity index (χ2v) is 6.93. The van der Waals surface area contributed by atoms with Crippen LogP contribution in [0.1, 0.15) is 10.4 Å². The second-order valence-electron chi connectivity index (χ2n) is 5.22. The molecule has 2 N–H and O–H groups in total. The van der Waals surface area contributed by atoms with Crippen molar-refractivity contribution in [3.05, 3.63) is 70.1 Å². The Morgan fingerprint density at radius 3 is 2.79 bits per heavy atom. The second kappa shape index (κ2) is 6.22. The summed E-state index contributed by atoms with van der Waals surface area (Å²) in [5.74, 6) is -0.178. The Hall–Kier alpha value is -2.44. The van der Waals surface area contributed by atoms with Gasteiger partial charge in [-0.05, 0) is 34.1 Å². The van der Waals surface area contributed by atoms with Crippen molar-refractivity contribution in [2.45, 2.75) is 0 Å². The molecule has 4 rings (SSSR count). The molecular weight excluding hydrogens is 386 g/mol.